The molecule has 28 heavy (non-hydrogen) atoms. The number of nitrogens with zero attached hydrogens (tertiary/aromatic N) is 1. The predicted octanol–water partition coefficient (Wildman–Crippen LogP) is 3.59. The summed E-state index contributed by atoms with van der Waals surface area (Å²) in [6.45, 7) is 0. The Hall–Kier alpha value is -3.07. The highest BCUT2D eigenvalue weighted by molar-refractivity contribution is 7.90. The number of halogens is 2. The van der Waals surface area contributed by atoms with Crippen LogP contribution in [0.1, 0.15) is 12.3 Å². The van der Waals surface area contributed by atoms with Gasteiger partial charge in [0.05, 0.1) is 16.7 Å². The van der Waals surface area contributed by atoms with Crippen molar-refractivity contribution in [3.63, 3.8) is 0 Å². The number of nitrogens with one attached hydrogen (secondary N) is 1. The van der Waals surface area contributed by atoms with Gasteiger partial charge in [-0.25, -0.2) is 22.2 Å². The molecule has 0 atom stereocenters. The lowest BCUT2D eigenvalue weighted by Crippen LogP contribution is -2.12. The first-order valence-corrected chi connectivity index (χ1v) is 10.1. The molecule has 0 fully saturated rings. The maximum Gasteiger partial charge on any atom is 0.224 e. The van der Waals surface area contributed by atoms with Crippen LogP contribution >= 0.6 is 0 Å². The van der Waals surface area contributed by atoms with Gasteiger partial charge in [0.25, 0.3) is 0 Å². The molecule has 6 nitrogen and oxygen atoms in total. The molecule has 1 amide bonds. The van der Waals surface area contributed by atoms with E-state index < -0.39 is 21.5 Å². The van der Waals surface area contributed by atoms with Crippen molar-refractivity contribution in [2.24, 2.45) is 0 Å². The zero-order valence-electron chi connectivity index (χ0n) is 14.8. The fourth-order valence-electron chi connectivity index (χ4n) is 2.47. The molecule has 0 bridgehead atoms. The quantitative estimate of drug-likeness (QED) is 0.676. The van der Waals surface area contributed by atoms with Gasteiger partial charge in [0.2, 0.25) is 5.91 Å². The van der Waals surface area contributed by atoms with E-state index in [0.717, 1.165) is 18.4 Å². The molecule has 9 heteroatoms. The summed E-state index contributed by atoms with van der Waals surface area (Å²) < 4.78 is 55.0. The summed E-state index contributed by atoms with van der Waals surface area (Å²) in [5.41, 5.74) is 0.537. The Bertz CT molecular complexity index is 1110. The van der Waals surface area contributed by atoms with E-state index in [0.29, 0.717) is 5.69 Å². The van der Waals surface area contributed by atoms with Crippen LogP contribution in [0.2, 0.25) is 0 Å². The summed E-state index contributed by atoms with van der Waals surface area (Å²) in [7, 11) is -3.30. The Kier molecular flexibility index (Phi) is 5.55. The maximum absolute atomic E-state index is 13.8. The van der Waals surface area contributed by atoms with Crippen molar-refractivity contribution in [3.05, 3.63) is 66.2 Å². The van der Waals surface area contributed by atoms with Gasteiger partial charge in [-0.2, -0.15) is 0 Å². The molecule has 0 spiro atoms. The number of aryl methyl sites for hydroxylation is 1. The van der Waals surface area contributed by atoms with Crippen molar-refractivity contribution >= 4 is 21.4 Å². The molecular formula is C19H16F2N2O4S. The molecule has 0 aliphatic carbocycles. The standard InChI is InChI=1S/C19H16F2N2O4S/c1-28(25,26)14-5-3-13(4-6-14)23-18(24)8-9-19-22-11-17(27-19)15-7-2-12(20)10-16(15)21/h2-7,10-11H,8-9H2,1H3,(H,23,24). The monoisotopic (exact) mass is 406 g/mol. The van der Waals surface area contributed by atoms with Crippen molar-refractivity contribution in [1.29, 1.82) is 0 Å². The Balaban J connectivity index is 1.59. The van der Waals surface area contributed by atoms with Crippen LogP contribution in [0.25, 0.3) is 11.3 Å². The van der Waals surface area contributed by atoms with Crippen LogP contribution in [0.5, 0.6) is 0 Å². The Morgan fingerprint density at radius 3 is 2.50 bits per heavy atom. The molecule has 3 rings (SSSR count). The molecule has 1 aromatic heterocycles. The second-order valence-electron chi connectivity index (χ2n) is 6.09. The minimum atomic E-state index is -3.30. The average molecular weight is 406 g/mol. The number of rotatable bonds is 6. The van der Waals surface area contributed by atoms with Crippen molar-refractivity contribution in [2.75, 3.05) is 11.6 Å². The third kappa shape index (κ3) is 4.80. The van der Waals surface area contributed by atoms with Crippen LogP contribution in [0.15, 0.2) is 58.0 Å². The number of benzene rings is 2. The molecule has 0 saturated carbocycles. The number of amides is 1. The number of oxazole rings is 1. The lowest BCUT2D eigenvalue weighted by atomic mass is 10.2. The normalized spacial score (nSPS) is 11.4. The van der Waals surface area contributed by atoms with Crippen LogP contribution in [-0.4, -0.2) is 25.6 Å². The highest BCUT2D eigenvalue weighted by Gasteiger charge is 2.13. The zero-order chi connectivity index (χ0) is 20.3. The van der Waals surface area contributed by atoms with E-state index in [2.05, 4.69) is 10.3 Å². The third-order valence-electron chi connectivity index (χ3n) is 3.88. The molecule has 3 aromatic rings. The summed E-state index contributed by atoms with van der Waals surface area (Å²) in [6.07, 6.45) is 2.65. The largest absolute Gasteiger partial charge is 0.441 e. The van der Waals surface area contributed by atoms with Gasteiger partial charge in [-0.05, 0) is 36.4 Å². The molecule has 146 valence electrons. The molecule has 0 radical (unpaired) electrons. The van der Waals surface area contributed by atoms with Gasteiger partial charge in [0.1, 0.15) is 11.6 Å². The number of carbonyl (C=O) groups excluding carboxylic acids is 1. The summed E-state index contributed by atoms with van der Waals surface area (Å²) in [5, 5.41) is 2.64. The van der Waals surface area contributed by atoms with E-state index in [1.807, 2.05) is 0 Å². The second-order valence-corrected chi connectivity index (χ2v) is 8.10. The van der Waals surface area contributed by atoms with E-state index in [4.69, 9.17) is 4.42 Å². The molecule has 0 aliphatic rings. The topological polar surface area (TPSA) is 89.3 Å². The van der Waals surface area contributed by atoms with E-state index in [-0.39, 0.29) is 40.9 Å². The fraction of sp³-hybridized carbons (Fsp3) is 0.158. The van der Waals surface area contributed by atoms with Gasteiger partial charge in [0, 0.05) is 30.9 Å². The van der Waals surface area contributed by atoms with Crippen molar-refractivity contribution in [3.8, 4) is 11.3 Å². The van der Waals surface area contributed by atoms with Crippen molar-refractivity contribution in [2.45, 2.75) is 17.7 Å². The lowest BCUT2D eigenvalue weighted by Gasteiger charge is -2.05. The van der Waals surface area contributed by atoms with Gasteiger partial charge < -0.3 is 9.73 Å². The third-order valence-corrected chi connectivity index (χ3v) is 5.01. The number of sulfone groups is 1. The number of aromatic nitrogens is 1. The molecule has 0 aliphatic heterocycles. The first-order chi connectivity index (χ1) is 13.2. The molecular weight excluding hydrogens is 390 g/mol. The second kappa shape index (κ2) is 7.89. The molecule has 1 N–H and O–H groups in total. The maximum atomic E-state index is 13.8. The van der Waals surface area contributed by atoms with Crippen LogP contribution in [0.4, 0.5) is 14.5 Å². The average Bonchev–Trinajstić information content (AvgIpc) is 3.08. The SMILES string of the molecule is CS(=O)(=O)c1ccc(NC(=O)CCc2ncc(-c3ccc(F)cc3F)o2)cc1. The van der Waals surface area contributed by atoms with Crippen molar-refractivity contribution in [1.82, 2.24) is 4.98 Å². The van der Waals surface area contributed by atoms with Gasteiger partial charge >= 0.3 is 0 Å². The van der Waals surface area contributed by atoms with E-state index >= 15 is 0 Å². The Morgan fingerprint density at radius 1 is 1.14 bits per heavy atom. The first-order valence-electron chi connectivity index (χ1n) is 8.22. The molecule has 1 heterocycles. The predicted molar refractivity (Wildman–Crippen MR) is 98.4 cm³/mol. The number of hydrogen-bond acceptors (Lipinski definition) is 5. The Labute approximate surface area is 160 Å². The van der Waals surface area contributed by atoms with Crippen LogP contribution < -0.4 is 5.32 Å². The number of hydrogen-bond donors (Lipinski definition) is 1. The summed E-state index contributed by atoms with van der Waals surface area (Å²) in [4.78, 5) is 16.2. The molecule has 0 unspecified atom stereocenters. The van der Waals surface area contributed by atoms with Crippen LogP contribution in [0, 0.1) is 11.6 Å². The van der Waals surface area contributed by atoms with Crippen LogP contribution in [-0.2, 0) is 21.1 Å². The minimum absolute atomic E-state index is 0.0552. The summed E-state index contributed by atoms with van der Waals surface area (Å²) in [6, 6.07) is 8.92. The van der Waals surface area contributed by atoms with Crippen molar-refractivity contribution < 1.29 is 26.4 Å². The lowest BCUT2D eigenvalue weighted by molar-refractivity contribution is -0.116. The fourth-order valence-corrected chi connectivity index (χ4v) is 3.10. The highest BCUT2D eigenvalue weighted by atomic mass is 32.2. The minimum Gasteiger partial charge on any atom is -0.441 e. The van der Waals surface area contributed by atoms with Gasteiger partial charge in [-0.15, -0.1) is 0 Å². The summed E-state index contributed by atoms with van der Waals surface area (Å²) >= 11 is 0. The highest BCUT2D eigenvalue weighted by Crippen LogP contribution is 2.24. The van der Waals surface area contributed by atoms with Gasteiger partial charge in [-0.1, -0.05) is 0 Å². The smallest absolute Gasteiger partial charge is 0.224 e. The Morgan fingerprint density at radius 2 is 1.86 bits per heavy atom. The first kappa shape index (κ1) is 19.7. The van der Waals surface area contributed by atoms with E-state index in [9.17, 15) is 22.0 Å². The van der Waals surface area contributed by atoms with E-state index in [1.165, 1.54) is 36.5 Å². The number of carbonyl (C=O) groups is 1. The molecule has 0 saturated heterocycles. The van der Waals surface area contributed by atoms with E-state index in [1.54, 1.807) is 0 Å². The van der Waals surface area contributed by atoms with Gasteiger partial charge in [-0.3, -0.25) is 4.79 Å². The zero-order valence-corrected chi connectivity index (χ0v) is 15.6. The van der Waals surface area contributed by atoms with Crippen LogP contribution in [0.3, 0.4) is 0 Å². The summed E-state index contributed by atoms with van der Waals surface area (Å²) in [5.74, 6) is -1.40. The number of anilines is 1. The molecule has 2 aromatic carbocycles. The van der Waals surface area contributed by atoms with Gasteiger partial charge in [0.15, 0.2) is 21.5 Å².